The first kappa shape index (κ1) is 19.7. The van der Waals surface area contributed by atoms with Gasteiger partial charge in [-0.2, -0.15) is 0 Å². The summed E-state index contributed by atoms with van der Waals surface area (Å²) in [5.74, 6) is 0.123. The molecule has 2 fully saturated rings. The maximum absolute atomic E-state index is 12.5. The molecule has 0 saturated carbocycles. The van der Waals surface area contributed by atoms with E-state index >= 15 is 0 Å². The Morgan fingerprint density at radius 3 is 2.15 bits per heavy atom. The van der Waals surface area contributed by atoms with E-state index in [1.807, 2.05) is 17.0 Å². The molecule has 0 aliphatic carbocycles. The largest absolute Gasteiger partial charge is 0.372 e. The highest BCUT2D eigenvalue weighted by molar-refractivity contribution is 5.92. The van der Waals surface area contributed by atoms with Gasteiger partial charge in [-0.3, -0.25) is 9.59 Å². The van der Waals surface area contributed by atoms with Crippen LogP contribution in [-0.2, 0) is 9.59 Å². The lowest BCUT2D eigenvalue weighted by Gasteiger charge is -2.34. The van der Waals surface area contributed by atoms with Crippen LogP contribution in [0.25, 0.3) is 0 Å². The maximum atomic E-state index is 12.5. The number of rotatable bonds is 6. The van der Waals surface area contributed by atoms with Gasteiger partial charge in [0.05, 0.1) is 0 Å². The van der Waals surface area contributed by atoms with Crippen molar-refractivity contribution in [2.75, 3.05) is 62.2 Å². The van der Waals surface area contributed by atoms with Gasteiger partial charge in [0, 0.05) is 70.5 Å². The van der Waals surface area contributed by atoms with Crippen molar-refractivity contribution in [3.05, 3.63) is 24.3 Å². The summed E-state index contributed by atoms with van der Waals surface area (Å²) in [6, 6.07) is 8.17. The number of carbonyl (C=O) groups is 2. The molecule has 3 rings (SSSR count). The van der Waals surface area contributed by atoms with Crippen molar-refractivity contribution in [1.82, 2.24) is 9.80 Å². The van der Waals surface area contributed by atoms with Gasteiger partial charge in [0.1, 0.15) is 0 Å². The van der Waals surface area contributed by atoms with Gasteiger partial charge in [0.15, 0.2) is 0 Å². The number of likely N-dealkylation sites (N-methyl/N-ethyl adjacent to an activating group) is 1. The Labute approximate surface area is 162 Å². The molecule has 2 heterocycles. The highest BCUT2D eigenvalue weighted by Gasteiger charge is 2.22. The van der Waals surface area contributed by atoms with Crippen LogP contribution in [0.4, 0.5) is 11.4 Å². The first-order chi connectivity index (χ1) is 13.1. The SMILES string of the molecule is CCN1CCN(C(=O)CCN(C(C)=O)c2ccc(N3CCCC3)cc2)CC1. The molecule has 6 nitrogen and oxygen atoms in total. The highest BCUT2D eigenvalue weighted by Crippen LogP contribution is 2.24. The molecule has 0 bridgehead atoms. The van der Waals surface area contributed by atoms with E-state index in [0.717, 1.165) is 51.5 Å². The van der Waals surface area contributed by atoms with E-state index in [4.69, 9.17) is 0 Å². The summed E-state index contributed by atoms with van der Waals surface area (Å²) < 4.78 is 0. The third kappa shape index (κ3) is 5.01. The summed E-state index contributed by atoms with van der Waals surface area (Å²) in [6.07, 6.45) is 2.87. The summed E-state index contributed by atoms with van der Waals surface area (Å²) in [6.45, 7) is 10.9. The zero-order chi connectivity index (χ0) is 19.2. The second-order valence-electron chi connectivity index (χ2n) is 7.45. The number of amides is 2. The Morgan fingerprint density at radius 2 is 1.59 bits per heavy atom. The smallest absolute Gasteiger partial charge is 0.224 e. The number of benzene rings is 1. The third-order valence-corrected chi connectivity index (χ3v) is 5.73. The fourth-order valence-corrected chi connectivity index (χ4v) is 3.97. The van der Waals surface area contributed by atoms with Gasteiger partial charge in [0.2, 0.25) is 11.8 Å². The van der Waals surface area contributed by atoms with E-state index in [1.165, 1.54) is 18.5 Å². The fraction of sp³-hybridized carbons (Fsp3) is 0.619. The monoisotopic (exact) mass is 372 g/mol. The van der Waals surface area contributed by atoms with Gasteiger partial charge >= 0.3 is 0 Å². The lowest BCUT2D eigenvalue weighted by atomic mass is 10.2. The van der Waals surface area contributed by atoms with Gasteiger partial charge in [-0.15, -0.1) is 0 Å². The second-order valence-corrected chi connectivity index (χ2v) is 7.45. The normalized spacial score (nSPS) is 18.0. The molecule has 27 heavy (non-hydrogen) atoms. The Balaban J connectivity index is 1.56. The molecule has 2 saturated heterocycles. The minimum absolute atomic E-state index is 0.0208. The van der Waals surface area contributed by atoms with Crippen molar-refractivity contribution in [2.24, 2.45) is 0 Å². The van der Waals surface area contributed by atoms with E-state index in [9.17, 15) is 9.59 Å². The van der Waals surface area contributed by atoms with Crippen LogP contribution in [0.3, 0.4) is 0 Å². The molecular weight excluding hydrogens is 340 g/mol. The van der Waals surface area contributed by atoms with Gasteiger partial charge in [0.25, 0.3) is 0 Å². The zero-order valence-electron chi connectivity index (χ0n) is 16.7. The van der Waals surface area contributed by atoms with Crippen molar-refractivity contribution in [3.63, 3.8) is 0 Å². The number of hydrogen-bond donors (Lipinski definition) is 0. The predicted octanol–water partition coefficient (Wildman–Crippen LogP) is 2.19. The molecule has 0 unspecified atom stereocenters. The van der Waals surface area contributed by atoms with Crippen molar-refractivity contribution < 1.29 is 9.59 Å². The number of piperazine rings is 1. The van der Waals surface area contributed by atoms with Crippen LogP contribution in [0.1, 0.15) is 33.1 Å². The summed E-state index contributed by atoms with van der Waals surface area (Å²) in [4.78, 5) is 33.1. The van der Waals surface area contributed by atoms with Crippen molar-refractivity contribution in [1.29, 1.82) is 0 Å². The van der Waals surface area contributed by atoms with Crippen LogP contribution in [0.5, 0.6) is 0 Å². The Bertz CT molecular complexity index is 632. The maximum Gasteiger partial charge on any atom is 0.224 e. The molecule has 2 amide bonds. The average molecular weight is 373 g/mol. The molecule has 2 aliphatic rings. The summed E-state index contributed by atoms with van der Waals surface area (Å²) in [5, 5.41) is 0. The lowest BCUT2D eigenvalue weighted by molar-refractivity contribution is -0.132. The molecular formula is C21H32N4O2. The van der Waals surface area contributed by atoms with Crippen molar-refractivity contribution in [3.8, 4) is 0 Å². The van der Waals surface area contributed by atoms with Crippen LogP contribution in [-0.4, -0.2) is 74.0 Å². The van der Waals surface area contributed by atoms with E-state index in [2.05, 4.69) is 28.9 Å². The Kier molecular flexibility index (Phi) is 6.72. The minimum Gasteiger partial charge on any atom is -0.372 e. The summed E-state index contributed by atoms with van der Waals surface area (Å²) >= 11 is 0. The molecule has 2 aliphatic heterocycles. The van der Waals surface area contributed by atoms with Crippen LogP contribution in [0.15, 0.2) is 24.3 Å². The van der Waals surface area contributed by atoms with Gasteiger partial charge in [-0.25, -0.2) is 0 Å². The molecule has 0 spiro atoms. The standard InChI is InChI=1S/C21H32N4O2/c1-3-22-14-16-24(17-15-22)21(27)10-13-25(18(2)26)20-8-6-19(7-9-20)23-11-4-5-12-23/h6-9H,3-5,10-17H2,1-2H3. The molecule has 6 heteroatoms. The minimum atomic E-state index is -0.0208. The fourth-order valence-electron chi connectivity index (χ4n) is 3.97. The van der Waals surface area contributed by atoms with E-state index in [1.54, 1.807) is 11.8 Å². The highest BCUT2D eigenvalue weighted by atomic mass is 16.2. The van der Waals surface area contributed by atoms with Crippen LogP contribution in [0, 0.1) is 0 Å². The average Bonchev–Trinajstić information content (AvgIpc) is 3.23. The zero-order valence-corrected chi connectivity index (χ0v) is 16.7. The number of nitrogens with zero attached hydrogens (tertiary/aromatic N) is 4. The third-order valence-electron chi connectivity index (χ3n) is 5.73. The van der Waals surface area contributed by atoms with E-state index in [0.29, 0.717) is 13.0 Å². The first-order valence-corrected chi connectivity index (χ1v) is 10.2. The Morgan fingerprint density at radius 1 is 0.963 bits per heavy atom. The molecule has 148 valence electrons. The quantitative estimate of drug-likeness (QED) is 0.768. The van der Waals surface area contributed by atoms with Crippen LogP contribution >= 0.6 is 0 Å². The van der Waals surface area contributed by atoms with Gasteiger partial charge in [-0.1, -0.05) is 6.92 Å². The van der Waals surface area contributed by atoms with Crippen LogP contribution in [0.2, 0.25) is 0 Å². The number of anilines is 2. The Hall–Kier alpha value is -2.08. The molecule has 0 atom stereocenters. The predicted molar refractivity (Wildman–Crippen MR) is 109 cm³/mol. The second kappa shape index (κ2) is 9.22. The molecule has 0 N–H and O–H groups in total. The summed E-state index contributed by atoms with van der Waals surface area (Å²) in [7, 11) is 0. The first-order valence-electron chi connectivity index (χ1n) is 10.2. The molecule has 0 radical (unpaired) electrons. The van der Waals surface area contributed by atoms with E-state index < -0.39 is 0 Å². The van der Waals surface area contributed by atoms with Crippen molar-refractivity contribution in [2.45, 2.75) is 33.1 Å². The van der Waals surface area contributed by atoms with Crippen LogP contribution < -0.4 is 9.80 Å². The topological polar surface area (TPSA) is 47.1 Å². The number of hydrogen-bond acceptors (Lipinski definition) is 4. The van der Waals surface area contributed by atoms with Gasteiger partial charge in [-0.05, 0) is 43.7 Å². The van der Waals surface area contributed by atoms with Crippen molar-refractivity contribution >= 4 is 23.2 Å². The molecule has 1 aromatic carbocycles. The van der Waals surface area contributed by atoms with Gasteiger partial charge < -0.3 is 19.6 Å². The lowest BCUT2D eigenvalue weighted by Crippen LogP contribution is -2.49. The summed E-state index contributed by atoms with van der Waals surface area (Å²) in [5.41, 5.74) is 2.08. The molecule has 1 aromatic rings. The number of carbonyl (C=O) groups excluding carboxylic acids is 2. The van der Waals surface area contributed by atoms with E-state index in [-0.39, 0.29) is 11.8 Å². The molecule has 0 aromatic heterocycles.